The van der Waals surface area contributed by atoms with Crippen LogP contribution in [-0.2, 0) is 9.59 Å². The van der Waals surface area contributed by atoms with Crippen molar-refractivity contribution < 1.29 is 24.0 Å². The van der Waals surface area contributed by atoms with Gasteiger partial charge in [-0.15, -0.1) is 0 Å². The Morgan fingerprint density at radius 1 is 1.07 bits per heavy atom. The number of urea groups is 1. The first-order valence-corrected chi connectivity index (χ1v) is 8.79. The fourth-order valence-electron chi connectivity index (χ4n) is 2.66. The number of nitro groups is 1. The van der Waals surface area contributed by atoms with Crippen LogP contribution in [0.3, 0.4) is 0 Å². The van der Waals surface area contributed by atoms with E-state index in [2.05, 4.69) is 5.32 Å². The number of nitrogens with one attached hydrogen (secondary N) is 1. The molecule has 1 aliphatic rings. The quantitative estimate of drug-likeness (QED) is 0.347. The zero-order valence-electron chi connectivity index (χ0n) is 15.5. The van der Waals surface area contributed by atoms with Crippen LogP contribution in [0.2, 0.25) is 0 Å². The van der Waals surface area contributed by atoms with E-state index in [1.165, 1.54) is 30.3 Å². The van der Waals surface area contributed by atoms with Crippen molar-refractivity contribution in [1.82, 2.24) is 5.32 Å². The molecule has 0 aromatic heterocycles. The lowest BCUT2D eigenvalue weighted by atomic mass is 10.1. The van der Waals surface area contributed by atoms with Gasteiger partial charge in [-0.3, -0.25) is 25.0 Å². The molecule has 0 bridgehead atoms. The number of ether oxygens (including phenoxy) is 1. The van der Waals surface area contributed by atoms with Gasteiger partial charge in [0.15, 0.2) is 0 Å². The van der Waals surface area contributed by atoms with Gasteiger partial charge in [0.1, 0.15) is 11.3 Å². The van der Waals surface area contributed by atoms with Gasteiger partial charge in [-0.2, -0.15) is 0 Å². The zero-order valence-corrected chi connectivity index (χ0v) is 15.5. The minimum Gasteiger partial charge on any atom is -0.494 e. The Kier molecular flexibility index (Phi) is 5.68. The summed E-state index contributed by atoms with van der Waals surface area (Å²) < 4.78 is 5.49. The highest BCUT2D eigenvalue weighted by Crippen LogP contribution is 2.24. The SMILES string of the molecule is CCCOc1ccc(/C=C2/C(=O)NC(=O)N(c3ccc([N+](=O)[O-])cc3)C2=O)cc1. The van der Waals surface area contributed by atoms with Gasteiger partial charge in [0.2, 0.25) is 0 Å². The first-order valence-electron chi connectivity index (χ1n) is 8.79. The Labute approximate surface area is 165 Å². The Hall–Kier alpha value is -4.01. The summed E-state index contributed by atoms with van der Waals surface area (Å²) in [4.78, 5) is 48.1. The summed E-state index contributed by atoms with van der Waals surface area (Å²) in [6, 6.07) is 10.8. The van der Waals surface area contributed by atoms with E-state index in [1.807, 2.05) is 6.92 Å². The van der Waals surface area contributed by atoms with Gasteiger partial charge in [-0.05, 0) is 42.3 Å². The van der Waals surface area contributed by atoms with Crippen LogP contribution in [0.4, 0.5) is 16.2 Å². The van der Waals surface area contributed by atoms with Gasteiger partial charge in [-0.1, -0.05) is 19.1 Å². The number of anilines is 1. The normalized spacial score (nSPS) is 15.4. The lowest BCUT2D eigenvalue weighted by Gasteiger charge is -2.26. The van der Waals surface area contributed by atoms with Crippen LogP contribution >= 0.6 is 0 Å². The number of rotatable bonds is 6. The number of benzene rings is 2. The number of amides is 4. The third kappa shape index (κ3) is 4.29. The third-order valence-electron chi connectivity index (χ3n) is 4.08. The summed E-state index contributed by atoms with van der Waals surface area (Å²) in [5, 5.41) is 12.9. The van der Waals surface area contributed by atoms with Gasteiger partial charge in [0.25, 0.3) is 17.5 Å². The van der Waals surface area contributed by atoms with Crippen molar-refractivity contribution in [2.75, 3.05) is 11.5 Å². The Morgan fingerprint density at radius 3 is 2.31 bits per heavy atom. The van der Waals surface area contributed by atoms with Gasteiger partial charge >= 0.3 is 6.03 Å². The zero-order chi connectivity index (χ0) is 21.0. The molecule has 1 fully saturated rings. The number of carbonyl (C=O) groups is 3. The number of nitrogens with zero attached hydrogens (tertiary/aromatic N) is 2. The molecule has 9 heteroatoms. The highest BCUT2D eigenvalue weighted by molar-refractivity contribution is 6.39. The molecule has 148 valence electrons. The van der Waals surface area contributed by atoms with Crippen LogP contribution in [-0.4, -0.2) is 29.4 Å². The maximum atomic E-state index is 12.8. The summed E-state index contributed by atoms with van der Waals surface area (Å²) in [6.45, 7) is 2.57. The topological polar surface area (TPSA) is 119 Å². The summed E-state index contributed by atoms with van der Waals surface area (Å²) in [5.41, 5.74) is 0.270. The van der Waals surface area contributed by atoms with Gasteiger partial charge in [0.05, 0.1) is 17.2 Å². The highest BCUT2D eigenvalue weighted by Gasteiger charge is 2.36. The monoisotopic (exact) mass is 395 g/mol. The second kappa shape index (κ2) is 8.34. The van der Waals surface area contributed by atoms with E-state index >= 15 is 0 Å². The third-order valence-corrected chi connectivity index (χ3v) is 4.08. The molecule has 4 amide bonds. The molecule has 0 atom stereocenters. The van der Waals surface area contributed by atoms with Crippen molar-refractivity contribution in [2.24, 2.45) is 0 Å². The van der Waals surface area contributed by atoms with E-state index in [9.17, 15) is 24.5 Å². The van der Waals surface area contributed by atoms with Crippen LogP contribution in [0.1, 0.15) is 18.9 Å². The average Bonchev–Trinajstić information content (AvgIpc) is 2.70. The van der Waals surface area contributed by atoms with Crippen molar-refractivity contribution in [3.63, 3.8) is 0 Å². The maximum absolute atomic E-state index is 12.8. The smallest absolute Gasteiger partial charge is 0.335 e. The molecular weight excluding hydrogens is 378 g/mol. The minimum atomic E-state index is -0.922. The van der Waals surface area contributed by atoms with Crippen LogP contribution in [0.15, 0.2) is 54.1 Å². The van der Waals surface area contributed by atoms with E-state index in [1.54, 1.807) is 24.3 Å². The molecule has 1 N–H and O–H groups in total. The second-order valence-electron chi connectivity index (χ2n) is 6.15. The summed E-state index contributed by atoms with van der Waals surface area (Å²) >= 11 is 0. The first kappa shape index (κ1) is 19.7. The minimum absolute atomic E-state index is 0.111. The molecule has 3 rings (SSSR count). The van der Waals surface area contributed by atoms with Crippen molar-refractivity contribution >= 4 is 35.3 Å². The molecule has 0 saturated carbocycles. The molecule has 2 aromatic rings. The van der Waals surface area contributed by atoms with E-state index in [-0.39, 0.29) is 16.9 Å². The molecule has 0 radical (unpaired) electrons. The van der Waals surface area contributed by atoms with E-state index in [4.69, 9.17) is 4.74 Å². The lowest BCUT2D eigenvalue weighted by molar-refractivity contribution is -0.384. The Bertz CT molecular complexity index is 996. The van der Waals surface area contributed by atoms with E-state index in [0.29, 0.717) is 17.9 Å². The number of carbonyl (C=O) groups excluding carboxylic acids is 3. The summed E-state index contributed by atoms with van der Waals surface area (Å²) in [7, 11) is 0. The number of nitro benzene ring substituents is 1. The molecule has 0 unspecified atom stereocenters. The number of imide groups is 2. The second-order valence-corrected chi connectivity index (χ2v) is 6.15. The van der Waals surface area contributed by atoms with Crippen molar-refractivity contribution in [3.8, 4) is 5.75 Å². The number of barbiturate groups is 1. The summed E-state index contributed by atoms with van der Waals surface area (Å²) in [6.07, 6.45) is 2.24. The molecular formula is C20H17N3O6. The Morgan fingerprint density at radius 2 is 1.72 bits per heavy atom. The average molecular weight is 395 g/mol. The van der Waals surface area contributed by atoms with Crippen LogP contribution < -0.4 is 15.0 Å². The van der Waals surface area contributed by atoms with Gasteiger partial charge < -0.3 is 4.74 Å². The predicted molar refractivity (Wildman–Crippen MR) is 104 cm³/mol. The molecule has 1 aliphatic heterocycles. The highest BCUT2D eigenvalue weighted by atomic mass is 16.6. The van der Waals surface area contributed by atoms with E-state index < -0.39 is 22.8 Å². The lowest BCUT2D eigenvalue weighted by Crippen LogP contribution is -2.54. The van der Waals surface area contributed by atoms with Crippen molar-refractivity contribution in [3.05, 3.63) is 69.8 Å². The molecule has 1 heterocycles. The van der Waals surface area contributed by atoms with Gasteiger partial charge in [-0.25, -0.2) is 9.69 Å². The molecule has 0 spiro atoms. The number of non-ortho nitro benzene ring substituents is 1. The fraction of sp³-hybridized carbons (Fsp3) is 0.150. The van der Waals surface area contributed by atoms with E-state index in [0.717, 1.165) is 11.3 Å². The van der Waals surface area contributed by atoms with Crippen LogP contribution in [0, 0.1) is 10.1 Å². The Balaban J connectivity index is 1.88. The number of hydrogen-bond donors (Lipinski definition) is 1. The van der Waals surface area contributed by atoms with Crippen LogP contribution in [0.25, 0.3) is 6.08 Å². The van der Waals surface area contributed by atoms with Gasteiger partial charge in [0, 0.05) is 12.1 Å². The standard InChI is InChI=1S/C20H17N3O6/c1-2-11-29-16-9-3-13(4-10-16)12-17-18(24)21-20(26)22(19(17)25)14-5-7-15(8-6-14)23(27)28/h3-10,12H,2,11H2,1H3,(H,21,24,26)/b17-12-. The molecule has 9 nitrogen and oxygen atoms in total. The maximum Gasteiger partial charge on any atom is 0.335 e. The molecule has 29 heavy (non-hydrogen) atoms. The molecule has 1 saturated heterocycles. The molecule has 0 aliphatic carbocycles. The van der Waals surface area contributed by atoms with Crippen molar-refractivity contribution in [1.29, 1.82) is 0 Å². The predicted octanol–water partition coefficient (Wildman–Crippen LogP) is 3.05. The fourth-order valence-corrected chi connectivity index (χ4v) is 2.66. The largest absolute Gasteiger partial charge is 0.494 e. The van der Waals surface area contributed by atoms with Crippen LogP contribution in [0.5, 0.6) is 5.75 Å². The number of hydrogen-bond acceptors (Lipinski definition) is 6. The van der Waals surface area contributed by atoms with Crippen molar-refractivity contribution in [2.45, 2.75) is 13.3 Å². The molecule has 2 aromatic carbocycles. The first-order chi connectivity index (χ1) is 13.9. The summed E-state index contributed by atoms with van der Waals surface area (Å²) in [5.74, 6) is -0.973.